The normalized spacial score (nSPS) is 19.1. The molecule has 0 bridgehead atoms. The Balaban J connectivity index is 2.04. The summed E-state index contributed by atoms with van der Waals surface area (Å²) in [6.07, 6.45) is 1.59. The Morgan fingerprint density at radius 3 is 2.85 bits per heavy atom. The summed E-state index contributed by atoms with van der Waals surface area (Å²) in [5, 5.41) is 10.2. The third-order valence-electron chi connectivity index (χ3n) is 4.85. The van der Waals surface area contributed by atoms with E-state index >= 15 is 0 Å². The molecule has 1 aliphatic heterocycles. The summed E-state index contributed by atoms with van der Waals surface area (Å²) in [5.74, 6) is -0.236. The molecule has 2 aromatic carbocycles. The van der Waals surface area contributed by atoms with Crippen molar-refractivity contribution in [2.24, 2.45) is 5.92 Å². The van der Waals surface area contributed by atoms with Crippen molar-refractivity contribution in [2.75, 3.05) is 19.7 Å². The van der Waals surface area contributed by atoms with E-state index in [9.17, 15) is 9.90 Å². The maximum absolute atomic E-state index is 11.5. The number of carboxylic acid groups (broad SMARTS) is 1. The fraction of sp³-hybridized carbons (Fsp3) is 0.381. The van der Waals surface area contributed by atoms with Gasteiger partial charge in [0.05, 0.1) is 18.6 Å². The number of benzene rings is 2. The SMILES string of the molecule is CCOc1ccccc1C(c1cccc(Cl)c1)N1CCCC(C(=O)O)C1. The van der Waals surface area contributed by atoms with Gasteiger partial charge in [0, 0.05) is 17.1 Å². The Kier molecular flexibility index (Phi) is 6.17. The van der Waals surface area contributed by atoms with Crippen LogP contribution in [0.2, 0.25) is 5.02 Å². The molecule has 2 aromatic rings. The minimum Gasteiger partial charge on any atom is -0.494 e. The molecule has 5 heteroatoms. The molecule has 1 saturated heterocycles. The van der Waals surface area contributed by atoms with Gasteiger partial charge in [-0.2, -0.15) is 0 Å². The number of ether oxygens (including phenoxy) is 1. The lowest BCUT2D eigenvalue weighted by atomic mass is 9.91. The van der Waals surface area contributed by atoms with Crippen LogP contribution in [-0.4, -0.2) is 35.7 Å². The standard InChI is InChI=1S/C21H24ClNO3/c1-2-26-19-11-4-3-10-18(19)20(15-7-5-9-17(22)13-15)23-12-6-8-16(14-23)21(24)25/h3-5,7,9-11,13,16,20H,2,6,8,12,14H2,1H3,(H,24,25). The molecule has 0 saturated carbocycles. The molecule has 0 aromatic heterocycles. The zero-order valence-corrected chi connectivity index (χ0v) is 15.7. The van der Waals surface area contributed by atoms with Crippen LogP contribution >= 0.6 is 11.6 Å². The molecule has 1 aliphatic rings. The van der Waals surface area contributed by atoms with E-state index in [0.29, 0.717) is 18.2 Å². The fourth-order valence-corrected chi connectivity index (χ4v) is 3.90. The van der Waals surface area contributed by atoms with E-state index in [1.807, 2.05) is 49.4 Å². The van der Waals surface area contributed by atoms with Gasteiger partial charge in [-0.1, -0.05) is 41.9 Å². The quantitative estimate of drug-likeness (QED) is 0.802. The smallest absolute Gasteiger partial charge is 0.307 e. The van der Waals surface area contributed by atoms with Crippen LogP contribution in [0.3, 0.4) is 0 Å². The highest BCUT2D eigenvalue weighted by atomic mass is 35.5. The molecule has 26 heavy (non-hydrogen) atoms. The predicted octanol–water partition coefficient (Wildman–Crippen LogP) is 4.62. The summed E-state index contributed by atoms with van der Waals surface area (Å²) in [7, 11) is 0. The van der Waals surface area contributed by atoms with Gasteiger partial charge >= 0.3 is 5.97 Å². The molecule has 3 rings (SSSR count). The highest BCUT2D eigenvalue weighted by molar-refractivity contribution is 6.30. The van der Waals surface area contributed by atoms with E-state index < -0.39 is 5.97 Å². The van der Waals surface area contributed by atoms with Gasteiger partial charge in [0.2, 0.25) is 0 Å². The van der Waals surface area contributed by atoms with Crippen LogP contribution in [0.25, 0.3) is 0 Å². The van der Waals surface area contributed by atoms with Crippen molar-refractivity contribution in [2.45, 2.75) is 25.8 Å². The number of carbonyl (C=O) groups is 1. The molecule has 138 valence electrons. The summed E-state index contributed by atoms with van der Waals surface area (Å²) in [6.45, 7) is 3.91. The lowest BCUT2D eigenvalue weighted by Crippen LogP contribution is -2.41. The van der Waals surface area contributed by atoms with Crippen LogP contribution in [-0.2, 0) is 4.79 Å². The molecule has 1 fully saturated rings. The minimum absolute atomic E-state index is 0.0846. The fourth-order valence-electron chi connectivity index (χ4n) is 3.70. The van der Waals surface area contributed by atoms with Crippen LogP contribution in [0.5, 0.6) is 5.75 Å². The van der Waals surface area contributed by atoms with Crippen molar-refractivity contribution in [1.82, 2.24) is 4.90 Å². The first-order valence-corrected chi connectivity index (χ1v) is 9.42. The Labute approximate surface area is 159 Å². The number of nitrogens with zero attached hydrogens (tertiary/aromatic N) is 1. The Morgan fingerprint density at radius 1 is 1.31 bits per heavy atom. The second kappa shape index (κ2) is 8.56. The summed E-state index contributed by atoms with van der Waals surface area (Å²) < 4.78 is 5.86. The van der Waals surface area contributed by atoms with Gasteiger partial charge in [-0.3, -0.25) is 9.69 Å². The third kappa shape index (κ3) is 4.19. The minimum atomic E-state index is -0.724. The van der Waals surface area contributed by atoms with Crippen LogP contribution in [0, 0.1) is 5.92 Å². The van der Waals surface area contributed by atoms with Crippen molar-refractivity contribution >= 4 is 17.6 Å². The maximum Gasteiger partial charge on any atom is 0.307 e. The van der Waals surface area contributed by atoms with E-state index in [1.54, 1.807) is 0 Å². The van der Waals surface area contributed by atoms with Gasteiger partial charge in [0.25, 0.3) is 0 Å². The topological polar surface area (TPSA) is 49.8 Å². The number of carboxylic acids is 1. The van der Waals surface area contributed by atoms with Crippen molar-refractivity contribution in [3.63, 3.8) is 0 Å². The summed E-state index contributed by atoms with van der Waals surface area (Å²) in [5.41, 5.74) is 2.10. The summed E-state index contributed by atoms with van der Waals surface area (Å²) in [6, 6.07) is 15.7. The highest BCUT2D eigenvalue weighted by Gasteiger charge is 2.32. The molecule has 2 unspecified atom stereocenters. The number of halogens is 1. The van der Waals surface area contributed by atoms with Gasteiger partial charge in [0.1, 0.15) is 5.75 Å². The first kappa shape index (κ1) is 18.7. The average molecular weight is 374 g/mol. The van der Waals surface area contributed by atoms with Crippen LogP contribution in [0.1, 0.15) is 36.9 Å². The van der Waals surface area contributed by atoms with Crippen molar-refractivity contribution < 1.29 is 14.6 Å². The number of hydrogen-bond donors (Lipinski definition) is 1. The lowest BCUT2D eigenvalue weighted by molar-refractivity contribution is -0.143. The van der Waals surface area contributed by atoms with Gasteiger partial charge in [0.15, 0.2) is 0 Å². The molecule has 0 amide bonds. The molecule has 0 radical (unpaired) electrons. The molecule has 1 heterocycles. The third-order valence-corrected chi connectivity index (χ3v) is 5.08. The summed E-state index contributed by atoms with van der Waals surface area (Å²) in [4.78, 5) is 13.8. The second-order valence-corrected chi connectivity index (χ2v) is 7.04. The zero-order chi connectivity index (χ0) is 18.5. The Bertz CT molecular complexity index is 764. The van der Waals surface area contributed by atoms with Gasteiger partial charge in [-0.05, 0) is 50.1 Å². The second-order valence-electron chi connectivity index (χ2n) is 6.60. The van der Waals surface area contributed by atoms with Gasteiger partial charge < -0.3 is 9.84 Å². The molecular formula is C21H24ClNO3. The molecular weight excluding hydrogens is 350 g/mol. The maximum atomic E-state index is 11.5. The lowest BCUT2D eigenvalue weighted by Gasteiger charge is -2.38. The first-order valence-electron chi connectivity index (χ1n) is 9.04. The van der Waals surface area contributed by atoms with Gasteiger partial charge in [-0.15, -0.1) is 0 Å². The monoisotopic (exact) mass is 373 g/mol. The van der Waals surface area contributed by atoms with Crippen LogP contribution < -0.4 is 4.74 Å². The highest BCUT2D eigenvalue weighted by Crippen LogP contribution is 2.37. The average Bonchev–Trinajstić information content (AvgIpc) is 2.64. The van der Waals surface area contributed by atoms with Crippen molar-refractivity contribution in [1.29, 1.82) is 0 Å². The molecule has 2 atom stereocenters. The molecule has 4 nitrogen and oxygen atoms in total. The van der Waals surface area contributed by atoms with Crippen LogP contribution in [0.4, 0.5) is 0 Å². The van der Waals surface area contributed by atoms with E-state index in [1.165, 1.54) is 0 Å². The van der Waals surface area contributed by atoms with E-state index in [2.05, 4.69) is 11.0 Å². The zero-order valence-electron chi connectivity index (χ0n) is 14.9. The van der Waals surface area contributed by atoms with Crippen molar-refractivity contribution in [3.05, 3.63) is 64.7 Å². The number of piperidine rings is 1. The first-order chi connectivity index (χ1) is 12.6. The van der Waals surface area contributed by atoms with Crippen LogP contribution in [0.15, 0.2) is 48.5 Å². The number of rotatable bonds is 6. The van der Waals surface area contributed by atoms with Gasteiger partial charge in [-0.25, -0.2) is 0 Å². The van der Waals surface area contributed by atoms with E-state index in [0.717, 1.165) is 36.3 Å². The number of para-hydroxylation sites is 1. The number of likely N-dealkylation sites (tertiary alicyclic amines) is 1. The predicted molar refractivity (Wildman–Crippen MR) is 103 cm³/mol. The molecule has 0 spiro atoms. The summed E-state index contributed by atoms with van der Waals surface area (Å²) >= 11 is 6.25. The number of hydrogen-bond acceptors (Lipinski definition) is 3. The largest absolute Gasteiger partial charge is 0.494 e. The van der Waals surface area contributed by atoms with E-state index in [4.69, 9.17) is 16.3 Å². The molecule has 1 N–H and O–H groups in total. The van der Waals surface area contributed by atoms with Crippen molar-refractivity contribution in [3.8, 4) is 5.75 Å². The number of aliphatic carboxylic acids is 1. The Morgan fingerprint density at radius 2 is 2.12 bits per heavy atom. The molecule has 0 aliphatic carbocycles. The Hall–Kier alpha value is -2.04. The van der Waals surface area contributed by atoms with E-state index in [-0.39, 0.29) is 12.0 Å².